The van der Waals surface area contributed by atoms with Crippen molar-refractivity contribution in [2.45, 2.75) is 12.4 Å². The van der Waals surface area contributed by atoms with E-state index in [2.05, 4.69) is 4.90 Å². The Balaban J connectivity index is 1.42. The van der Waals surface area contributed by atoms with E-state index in [0.717, 1.165) is 25.2 Å². The highest BCUT2D eigenvalue weighted by atomic mass is 19.4. The van der Waals surface area contributed by atoms with Crippen LogP contribution in [-0.4, -0.2) is 44.3 Å². The van der Waals surface area contributed by atoms with Gasteiger partial charge in [-0.2, -0.15) is 26.3 Å². The van der Waals surface area contributed by atoms with Crippen molar-refractivity contribution in [3.05, 3.63) is 83.9 Å². The second-order valence-electron chi connectivity index (χ2n) is 10.7. The Kier molecular flexibility index (Phi) is 7.58. The maximum atomic E-state index is 13.6. The highest BCUT2D eigenvalue weighted by Gasteiger charge is 2.35. The lowest BCUT2D eigenvalue weighted by Gasteiger charge is -2.36. The van der Waals surface area contributed by atoms with Crippen LogP contribution in [0.4, 0.5) is 49.1 Å². The Bertz CT molecular complexity index is 1590. The van der Waals surface area contributed by atoms with Crippen LogP contribution in [0, 0.1) is 0 Å². The fraction of sp³-hybridized carbons (Fsp3) is 0.250. The van der Waals surface area contributed by atoms with Gasteiger partial charge in [-0.05, 0) is 70.8 Å². The molecule has 6 rings (SSSR count). The molecule has 0 atom stereocenters. The first-order chi connectivity index (χ1) is 20.9. The maximum Gasteiger partial charge on any atom is 0.418 e. The van der Waals surface area contributed by atoms with Gasteiger partial charge in [0.1, 0.15) is 0 Å². The summed E-state index contributed by atoms with van der Waals surface area (Å²) in [5.41, 5.74) is 11.6. The number of fused-ring (bicyclic) bond motifs is 2. The number of anilines is 4. The molecule has 0 spiro atoms. The summed E-state index contributed by atoms with van der Waals surface area (Å²) >= 11 is 0. The fourth-order valence-electron chi connectivity index (χ4n) is 5.51. The predicted molar refractivity (Wildman–Crippen MR) is 157 cm³/mol. The topological polar surface area (TPSA) is 77.0 Å². The van der Waals surface area contributed by atoms with Crippen LogP contribution in [0.25, 0.3) is 22.3 Å². The van der Waals surface area contributed by atoms with Crippen LogP contribution in [0.1, 0.15) is 11.1 Å². The lowest BCUT2D eigenvalue weighted by atomic mass is 9.98. The van der Waals surface area contributed by atoms with Gasteiger partial charge in [-0.15, -0.1) is 0 Å². The van der Waals surface area contributed by atoms with Gasteiger partial charge in [0.25, 0.3) is 0 Å². The normalized spacial score (nSPS) is 15.5. The molecule has 4 N–H and O–H groups in total. The standard InChI is InChI=1S/C32H28F6N4O2/c33-31(34,35)23-15-19(1-5-25(23)39)21-3-7-29-27(17-21)42(10-9-41-11-13-43-14-12-41)28-18-22(4-8-30(28)44-29)20-2-6-26(40)24(16-20)32(36,37)38/h1-8,15-18H,9-14,39-40H2. The summed E-state index contributed by atoms with van der Waals surface area (Å²) in [6.45, 7) is 3.78. The van der Waals surface area contributed by atoms with E-state index in [1.807, 2.05) is 4.90 Å². The number of hydrogen-bond donors (Lipinski definition) is 2. The minimum Gasteiger partial charge on any atom is -0.453 e. The summed E-state index contributed by atoms with van der Waals surface area (Å²) in [6, 6.07) is 17.8. The molecule has 4 aromatic carbocycles. The van der Waals surface area contributed by atoms with Crippen molar-refractivity contribution < 1.29 is 35.8 Å². The van der Waals surface area contributed by atoms with E-state index in [-0.39, 0.29) is 11.4 Å². The van der Waals surface area contributed by atoms with Crippen molar-refractivity contribution in [2.24, 2.45) is 0 Å². The molecular weight excluding hydrogens is 586 g/mol. The SMILES string of the molecule is Nc1ccc(-c2ccc3c(c2)N(CCN2CCOCC2)c2cc(-c4ccc(N)c(C(F)(F)F)c4)ccc2O3)cc1C(F)(F)F. The molecule has 0 bridgehead atoms. The van der Waals surface area contributed by atoms with Crippen LogP contribution in [-0.2, 0) is 17.1 Å². The van der Waals surface area contributed by atoms with E-state index < -0.39 is 23.5 Å². The van der Waals surface area contributed by atoms with Crippen LogP contribution in [0.15, 0.2) is 72.8 Å². The fourth-order valence-corrected chi connectivity index (χ4v) is 5.51. The first kappa shape index (κ1) is 29.6. The Morgan fingerprint density at radius 3 is 1.48 bits per heavy atom. The first-order valence-electron chi connectivity index (χ1n) is 13.9. The van der Waals surface area contributed by atoms with Gasteiger partial charge < -0.3 is 25.8 Å². The van der Waals surface area contributed by atoms with Crippen molar-refractivity contribution in [1.82, 2.24) is 4.90 Å². The molecule has 12 heteroatoms. The van der Waals surface area contributed by atoms with Crippen molar-refractivity contribution in [3.8, 4) is 33.8 Å². The van der Waals surface area contributed by atoms with E-state index >= 15 is 0 Å². The maximum absolute atomic E-state index is 13.6. The molecular formula is C32H28F6N4O2. The second-order valence-corrected chi connectivity index (χ2v) is 10.7. The molecule has 0 aliphatic carbocycles. The smallest absolute Gasteiger partial charge is 0.418 e. The molecule has 230 valence electrons. The third-order valence-electron chi connectivity index (χ3n) is 7.85. The number of nitrogens with two attached hydrogens (primary N) is 2. The number of rotatable bonds is 5. The minimum absolute atomic E-state index is 0.323. The molecule has 0 radical (unpaired) electrons. The lowest BCUT2D eigenvalue weighted by molar-refractivity contribution is -0.137. The number of nitrogen functional groups attached to an aromatic ring is 2. The van der Waals surface area contributed by atoms with E-state index in [1.165, 1.54) is 24.3 Å². The van der Waals surface area contributed by atoms with Crippen molar-refractivity contribution in [2.75, 3.05) is 55.8 Å². The zero-order valence-electron chi connectivity index (χ0n) is 23.3. The van der Waals surface area contributed by atoms with Gasteiger partial charge in [0.15, 0.2) is 11.5 Å². The zero-order valence-corrected chi connectivity index (χ0v) is 23.3. The van der Waals surface area contributed by atoms with Gasteiger partial charge in [0.2, 0.25) is 0 Å². The molecule has 2 aliphatic heterocycles. The largest absolute Gasteiger partial charge is 0.453 e. The van der Waals surface area contributed by atoms with Crippen LogP contribution in [0.3, 0.4) is 0 Å². The van der Waals surface area contributed by atoms with Gasteiger partial charge in [0, 0.05) is 37.6 Å². The zero-order chi connectivity index (χ0) is 31.2. The summed E-state index contributed by atoms with van der Waals surface area (Å²) in [6.07, 6.45) is -9.24. The third-order valence-corrected chi connectivity index (χ3v) is 7.85. The Hall–Kier alpha value is -4.42. The monoisotopic (exact) mass is 614 g/mol. The number of nitrogens with zero attached hydrogens (tertiary/aromatic N) is 2. The van der Waals surface area contributed by atoms with Gasteiger partial charge in [0.05, 0.1) is 35.7 Å². The summed E-state index contributed by atoms with van der Waals surface area (Å²) in [7, 11) is 0. The van der Waals surface area contributed by atoms with Gasteiger partial charge in [-0.1, -0.05) is 24.3 Å². The minimum atomic E-state index is -4.62. The first-order valence-corrected chi connectivity index (χ1v) is 13.9. The molecule has 0 unspecified atom stereocenters. The molecule has 0 amide bonds. The number of halogens is 6. The number of hydrogen-bond acceptors (Lipinski definition) is 6. The van der Waals surface area contributed by atoms with Crippen LogP contribution >= 0.6 is 0 Å². The summed E-state index contributed by atoms with van der Waals surface area (Å²) in [5, 5.41) is 0. The number of morpholine rings is 1. The van der Waals surface area contributed by atoms with Gasteiger partial charge >= 0.3 is 12.4 Å². The molecule has 6 nitrogen and oxygen atoms in total. The van der Waals surface area contributed by atoms with Crippen molar-refractivity contribution in [1.29, 1.82) is 0 Å². The van der Waals surface area contributed by atoms with Crippen LogP contribution < -0.4 is 21.1 Å². The average Bonchev–Trinajstić information content (AvgIpc) is 2.98. The van der Waals surface area contributed by atoms with E-state index in [4.69, 9.17) is 20.9 Å². The number of ether oxygens (including phenoxy) is 2. The lowest BCUT2D eigenvalue weighted by Crippen LogP contribution is -2.41. The molecule has 2 aliphatic rings. The highest BCUT2D eigenvalue weighted by Crippen LogP contribution is 2.49. The Morgan fingerprint density at radius 2 is 1.02 bits per heavy atom. The summed E-state index contributed by atoms with van der Waals surface area (Å²) in [5.74, 6) is 0.989. The third kappa shape index (κ3) is 5.87. The van der Waals surface area contributed by atoms with Gasteiger partial charge in [-0.25, -0.2) is 0 Å². The summed E-state index contributed by atoms with van der Waals surface area (Å²) in [4.78, 5) is 4.22. The molecule has 4 aromatic rings. The Morgan fingerprint density at radius 1 is 0.591 bits per heavy atom. The number of alkyl halides is 6. The molecule has 1 fully saturated rings. The molecule has 44 heavy (non-hydrogen) atoms. The quantitative estimate of drug-likeness (QED) is 0.177. The molecule has 1 saturated heterocycles. The van der Waals surface area contributed by atoms with Crippen LogP contribution in [0.5, 0.6) is 11.5 Å². The average molecular weight is 615 g/mol. The number of benzene rings is 4. The molecule has 0 saturated carbocycles. The molecule has 2 heterocycles. The van der Waals surface area contributed by atoms with E-state index in [9.17, 15) is 26.3 Å². The van der Waals surface area contributed by atoms with Crippen molar-refractivity contribution >= 4 is 22.7 Å². The van der Waals surface area contributed by atoms with E-state index in [0.29, 0.717) is 71.4 Å². The van der Waals surface area contributed by atoms with Gasteiger partial charge in [-0.3, -0.25) is 4.90 Å². The molecule has 0 aromatic heterocycles. The predicted octanol–water partition coefficient (Wildman–Crippen LogP) is 7.80. The van der Waals surface area contributed by atoms with Crippen molar-refractivity contribution in [3.63, 3.8) is 0 Å². The summed E-state index contributed by atoms with van der Waals surface area (Å²) < 4.78 is 93.4. The Labute approximate surface area is 249 Å². The second kappa shape index (κ2) is 11.3. The van der Waals surface area contributed by atoms with Crippen LogP contribution in [0.2, 0.25) is 0 Å². The highest BCUT2D eigenvalue weighted by molar-refractivity contribution is 5.85. The van der Waals surface area contributed by atoms with E-state index in [1.54, 1.807) is 36.4 Å².